The molecule has 0 aliphatic heterocycles. The topological polar surface area (TPSA) is 142 Å². The van der Waals surface area contributed by atoms with Gasteiger partial charge in [-0.1, -0.05) is 169 Å². The summed E-state index contributed by atoms with van der Waals surface area (Å²) < 4.78 is 43.7. The number of hydrogen-bond acceptors (Lipinski definition) is 12. The van der Waals surface area contributed by atoms with Crippen LogP contribution in [-0.4, -0.2) is 52.3 Å². The van der Waals surface area contributed by atoms with E-state index in [1.165, 1.54) is 0 Å². The fraction of sp³-hybridized carbons (Fsp3) is 0.100. The largest absolute Gasteiger partial charge is 0.497 e. The first kappa shape index (κ1) is 64.0. The van der Waals surface area contributed by atoms with Crippen LogP contribution in [0.25, 0.3) is 0 Å². The number of rotatable bonds is 16. The molecule has 0 unspecified atom stereocenters. The second kappa shape index (κ2) is 33.0. The van der Waals surface area contributed by atoms with Crippen LogP contribution in [0, 0.1) is 47.4 Å². The molecule has 0 aliphatic rings. The summed E-state index contributed by atoms with van der Waals surface area (Å²) in [5, 5.41) is 0. The van der Waals surface area contributed by atoms with Crippen molar-refractivity contribution in [1.29, 1.82) is 0 Å². The number of esters is 4. The summed E-state index contributed by atoms with van der Waals surface area (Å²) in [6.45, 7) is 0.273. The number of carbonyl (C=O) groups excluding carboxylic acids is 4. The molecule has 0 fully saturated rings. The van der Waals surface area contributed by atoms with Gasteiger partial charge < -0.3 is 37.9 Å². The predicted molar refractivity (Wildman–Crippen MR) is 351 cm³/mol. The van der Waals surface area contributed by atoms with Gasteiger partial charge in [-0.3, -0.25) is 0 Å². The van der Waals surface area contributed by atoms with Crippen LogP contribution in [0.15, 0.2) is 243 Å². The summed E-state index contributed by atoms with van der Waals surface area (Å²) in [5.74, 6) is 25.0. The Morgan fingerprint density at radius 3 is 0.609 bits per heavy atom. The van der Waals surface area contributed by atoms with Crippen molar-refractivity contribution in [3.63, 3.8) is 0 Å². The normalized spacial score (nSPS) is 9.96. The summed E-state index contributed by atoms with van der Waals surface area (Å²) in [6, 6.07) is 72.5. The minimum atomic E-state index is -0.598. The highest BCUT2D eigenvalue weighted by molar-refractivity contribution is 5.99. The van der Waals surface area contributed by atoms with Gasteiger partial charge in [-0.15, -0.1) is 0 Å². The molecule has 0 aromatic heterocycles. The van der Waals surface area contributed by atoms with Crippen molar-refractivity contribution >= 4 is 23.9 Å². The molecule has 0 N–H and O–H groups in total. The summed E-state index contributed by atoms with van der Waals surface area (Å²) in [5.41, 5.74) is 8.04. The first-order valence-corrected chi connectivity index (χ1v) is 28.9. The first-order chi connectivity index (χ1) is 45.0. The van der Waals surface area contributed by atoms with Crippen molar-refractivity contribution in [2.24, 2.45) is 0 Å². The molecule has 0 bridgehead atoms. The molecule has 92 heavy (non-hydrogen) atoms. The second-order valence-electron chi connectivity index (χ2n) is 20.0. The number of methoxy groups -OCH3 is 4. The number of benzene rings is 10. The van der Waals surface area contributed by atoms with Crippen molar-refractivity contribution in [3.05, 3.63) is 332 Å². The minimum absolute atomic E-state index is 0.0682. The molecule has 0 radical (unpaired) electrons. The Morgan fingerprint density at radius 1 is 0.250 bits per heavy atom. The van der Waals surface area contributed by atoms with E-state index in [1.807, 2.05) is 170 Å². The fourth-order valence-corrected chi connectivity index (χ4v) is 8.75. The highest BCUT2D eigenvalue weighted by Crippen LogP contribution is 2.24. The Hall–Kier alpha value is -12.5. The molecule has 10 aromatic carbocycles. The van der Waals surface area contributed by atoms with E-state index in [0.717, 1.165) is 22.3 Å². The average molecular weight is 1210 g/mol. The second-order valence-corrected chi connectivity index (χ2v) is 20.0. The van der Waals surface area contributed by atoms with Gasteiger partial charge >= 0.3 is 23.9 Å². The van der Waals surface area contributed by atoms with Crippen LogP contribution in [0.4, 0.5) is 0 Å². The van der Waals surface area contributed by atoms with Gasteiger partial charge in [-0.2, -0.15) is 0 Å². The zero-order valence-electron chi connectivity index (χ0n) is 50.8. The zero-order valence-corrected chi connectivity index (χ0v) is 50.8. The van der Waals surface area contributed by atoms with E-state index in [2.05, 4.69) is 47.4 Å². The van der Waals surface area contributed by atoms with Gasteiger partial charge in [-0.05, 0) is 144 Å². The molecule has 0 saturated heterocycles. The number of hydrogen-bond donors (Lipinski definition) is 0. The monoisotopic (exact) mass is 1210 g/mol. The Balaban J connectivity index is 0.000000217. The maximum Gasteiger partial charge on any atom is 0.339 e. The summed E-state index contributed by atoms with van der Waals surface area (Å²) in [4.78, 5) is 54.2. The van der Waals surface area contributed by atoms with Gasteiger partial charge in [0.25, 0.3) is 0 Å². The predicted octanol–water partition coefficient (Wildman–Crippen LogP) is 14.4. The molecule has 12 heteroatoms. The van der Waals surface area contributed by atoms with E-state index in [0.29, 0.717) is 67.5 Å². The van der Waals surface area contributed by atoms with Gasteiger partial charge in [0.05, 0.1) is 50.7 Å². The molecule has 10 aromatic rings. The first-order valence-electron chi connectivity index (χ1n) is 28.9. The van der Waals surface area contributed by atoms with E-state index in [-0.39, 0.29) is 48.7 Å². The van der Waals surface area contributed by atoms with Gasteiger partial charge in [0.2, 0.25) is 0 Å². The molecule has 0 atom stereocenters. The van der Waals surface area contributed by atoms with E-state index in [1.54, 1.807) is 101 Å². The summed E-state index contributed by atoms with van der Waals surface area (Å²) in [7, 11) is 6.36. The zero-order chi connectivity index (χ0) is 64.3. The maximum atomic E-state index is 13.5. The van der Waals surface area contributed by atoms with E-state index in [4.69, 9.17) is 37.9 Å². The van der Waals surface area contributed by atoms with Crippen LogP contribution in [0.1, 0.15) is 108 Å². The van der Waals surface area contributed by atoms with Crippen molar-refractivity contribution in [2.75, 3.05) is 28.4 Å². The third-order valence-electron chi connectivity index (χ3n) is 13.8. The van der Waals surface area contributed by atoms with Gasteiger partial charge in [-0.25, -0.2) is 19.2 Å². The van der Waals surface area contributed by atoms with Crippen LogP contribution >= 0.6 is 0 Å². The highest BCUT2D eigenvalue weighted by atomic mass is 16.5. The van der Waals surface area contributed by atoms with Crippen molar-refractivity contribution in [3.8, 4) is 70.4 Å². The van der Waals surface area contributed by atoms with Crippen LogP contribution in [0.5, 0.6) is 23.0 Å². The van der Waals surface area contributed by atoms with Crippen LogP contribution in [-0.2, 0) is 45.4 Å². The molecule has 0 saturated carbocycles. The van der Waals surface area contributed by atoms with Crippen LogP contribution < -0.4 is 18.9 Å². The lowest BCUT2D eigenvalue weighted by Crippen LogP contribution is -2.13. The number of carbonyl (C=O) groups is 4. The lowest BCUT2D eigenvalue weighted by atomic mass is 9.97. The van der Waals surface area contributed by atoms with Crippen molar-refractivity contribution in [1.82, 2.24) is 0 Å². The Bertz CT molecular complexity index is 3850. The van der Waals surface area contributed by atoms with E-state index in [9.17, 15) is 19.2 Å². The lowest BCUT2D eigenvalue weighted by Gasteiger charge is -2.12. The minimum Gasteiger partial charge on any atom is -0.497 e. The molecule has 10 rings (SSSR count). The van der Waals surface area contributed by atoms with Gasteiger partial charge in [0, 0.05) is 44.5 Å². The molecule has 452 valence electrons. The SMILES string of the molecule is COc1ccc(C#Cc2cc(C(=O)OCc3ccccc3)c(C#Cc3ccc(OC)cc3)cc2C(=O)OCc2ccccc2)cc1.COc1ccc(C#Cc2cc(C(=O)OCc3ccccc3)c(C#Cc3ccc(OC)cc3)cc2C(=O)OCc2ccccc2)cc1. The van der Waals surface area contributed by atoms with E-state index < -0.39 is 23.9 Å². The maximum absolute atomic E-state index is 13.5. The smallest absolute Gasteiger partial charge is 0.339 e. The molecule has 0 aliphatic carbocycles. The highest BCUT2D eigenvalue weighted by Gasteiger charge is 2.23. The lowest BCUT2D eigenvalue weighted by molar-refractivity contribution is 0.0458. The Morgan fingerprint density at radius 2 is 0.435 bits per heavy atom. The Labute approximate surface area is 535 Å². The molecule has 0 spiro atoms. The molecule has 0 heterocycles. The molecule has 12 nitrogen and oxygen atoms in total. The van der Waals surface area contributed by atoms with Crippen LogP contribution in [0.2, 0.25) is 0 Å². The Kier molecular flexibility index (Phi) is 23.0. The molecular weight excluding hydrogens is 1150 g/mol. The van der Waals surface area contributed by atoms with Gasteiger partial charge in [0.15, 0.2) is 0 Å². The fourth-order valence-electron chi connectivity index (χ4n) is 8.75. The van der Waals surface area contributed by atoms with Crippen molar-refractivity contribution in [2.45, 2.75) is 26.4 Å². The molecule has 0 amide bonds. The quantitative estimate of drug-likeness (QED) is 0.0516. The van der Waals surface area contributed by atoms with Gasteiger partial charge in [0.1, 0.15) is 49.4 Å². The standard InChI is InChI=1S/2C40H30O6/c2*1-43-35-21-15-29(16-22-35)13-19-33-25-38(40(42)46-28-32-11-7-4-8-12-32)34(20-14-30-17-23-36(44-2)24-18-30)26-37(33)39(41)45-27-31-9-5-3-6-10-31/h2*3-12,15-18,21-26H,27-28H2,1-2H3. The average Bonchev–Trinajstić information content (AvgIpc) is 1.52. The third-order valence-corrected chi connectivity index (χ3v) is 13.8. The summed E-state index contributed by atoms with van der Waals surface area (Å²) >= 11 is 0. The number of ether oxygens (including phenoxy) is 8. The summed E-state index contributed by atoms with van der Waals surface area (Å²) in [6.07, 6.45) is 0. The van der Waals surface area contributed by atoms with E-state index >= 15 is 0 Å². The van der Waals surface area contributed by atoms with Crippen molar-refractivity contribution < 1.29 is 57.1 Å². The third kappa shape index (κ3) is 18.8. The molecular formula is C80H60O12. The van der Waals surface area contributed by atoms with Crippen LogP contribution in [0.3, 0.4) is 0 Å².